The van der Waals surface area contributed by atoms with E-state index < -0.39 is 17.5 Å². The van der Waals surface area contributed by atoms with Crippen LogP contribution in [0.5, 0.6) is 0 Å². The van der Waals surface area contributed by atoms with Crippen molar-refractivity contribution in [1.82, 2.24) is 25.1 Å². The van der Waals surface area contributed by atoms with Crippen molar-refractivity contribution in [3.05, 3.63) is 76.5 Å². The number of hydrogen-bond acceptors (Lipinski definition) is 5. The highest BCUT2D eigenvalue weighted by Crippen LogP contribution is 2.12. The summed E-state index contributed by atoms with van der Waals surface area (Å²) in [7, 11) is 0. The van der Waals surface area contributed by atoms with Crippen LogP contribution in [0, 0.1) is 0 Å². The first kappa shape index (κ1) is 15.6. The standard InChI is InChI=1S/C16H15N5O3/c22-10-13(11-5-2-1-3-6-11)19-14(23)12-9-17-16(20-15(12)24)21-8-4-7-18-21/h1-9,13,22H,10H2,(H,19,23)(H,17,20,24). The molecule has 3 aromatic rings. The lowest BCUT2D eigenvalue weighted by molar-refractivity contribution is 0.0914. The fourth-order valence-electron chi connectivity index (χ4n) is 2.21. The van der Waals surface area contributed by atoms with Crippen LogP contribution in [0.15, 0.2) is 59.8 Å². The van der Waals surface area contributed by atoms with E-state index in [0.29, 0.717) is 0 Å². The van der Waals surface area contributed by atoms with Gasteiger partial charge in [-0.1, -0.05) is 30.3 Å². The maximum absolute atomic E-state index is 12.3. The molecule has 8 nitrogen and oxygen atoms in total. The van der Waals surface area contributed by atoms with Crippen molar-refractivity contribution in [2.45, 2.75) is 6.04 Å². The molecule has 0 spiro atoms. The molecule has 24 heavy (non-hydrogen) atoms. The van der Waals surface area contributed by atoms with Gasteiger partial charge in [-0.2, -0.15) is 5.10 Å². The van der Waals surface area contributed by atoms with Crippen molar-refractivity contribution in [1.29, 1.82) is 0 Å². The van der Waals surface area contributed by atoms with E-state index in [9.17, 15) is 14.7 Å². The van der Waals surface area contributed by atoms with Crippen LogP contribution in [-0.2, 0) is 0 Å². The van der Waals surface area contributed by atoms with Crippen molar-refractivity contribution >= 4 is 5.91 Å². The third-order valence-electron chi connectivity index (χ3n) is 3.44. The number of aliphatic hydroxyl groups excluding tert-OH is 1. The molecule has 0 fully saturated rings. The number of rotatable bonds is 5. The lowest BCUT2D eigenvalue weighted by atomic mass is 10.1. The Bertz CT molecular complexity index is 874. The number of nitrogens with one attached hydrogen (secondary N) is 2. The monoisotopic (exact) mass is 325 g/mol. The average molecular weight is 325 g/mol. The van der Waals surface area contributed by atoms with Crippen LogP contribution in [0.1, 0.15) is 22.0 Å². The molecule has 0 aliphatic heterocycles. The molecule has 0 aliphatic carbocycles. The number of carbonyl (C=O) groups is 1. The minimum Gasteiger partial charge on any atom is -0.394 e. The summed E-state index contributed by atoms with van der Waals surface area (Å²) in [6.07, 6.45) is 4.35. The van der Waals surface area contributed by atoms with E-state index >= 15 is 0 Å². The molecule has 2 aromatic heterocycles. The molecule has 1 unspecified atom stereocenters. The number of benzene rings is 1. The van der Waals surface area contributed by atoms with Crippen molar-refractivity contribution < 1.29 is 9.90 Å². The topological polar surface area (TPSA) is 113 Å². The Kier molecular flexibility index (Phi) is 4.48. The molecule has 0 radical (unpaired) electrons. The van der Waals surface area contributed by atoms with E-state index in [1.807, 2.05) is 6.07 Å². The average Bonchev–Trinajstić information content (AvgIpc) is 3.14. The van der Waals surface area contributed by atoms with Gasteiger partial charge >= 0.3 is 0 Å². The van der Waals surface area contributed by atoms with Gasteiger partial charge in [-0.3, -0.25) is 14.6 Å². The molecule has 0 aliphatic rings. The molecule has 0 saturated carbocycles. The molecule has 2 heterocycles. The van der Waals surface area contributed by atoms with E-state index in [4.69, 9.17) is 0 Å². The molecular weight excluding hydrogens is 310 g/mol. The third kappa shape index (κ3) is 3.23. The lowest BCUT2D eigenvalue weighted by Crippen LogP contribution is -2.35. The number of H-pyrrole nitrogens is 1. The predicted octanol–water partition coefficient (Wildman–Crippen LogP) is 0.419. The lowest BCUT2D eigenvalue weighted by Gasteiger charge is -2.16. The number of nitrogens with zero attached hydrogens (tertiary/aromatic N) is 3. The second kappa shape index (κ2) is 6.88. The number of aliphatic hydroxyl groups is 1. The third-order valence-corrected chi connectivity index (χ3v) is 3.44. The van der Waals surface area contributed by atoms with E-state index in [1.165, 1.54) is 10.9 Å². The van der Waals surface area contributed by atoms with E-state index in [1.54, 1.807) is 42.7 Å². The van der Waals surface area contributed by atoms with Crippen molar-refractivity contribution in [3.8, 4) is 5.95 Å². The molecule has 0 bridgehead atoms. The maximum atomic E-state index is 12.3. The summed E-state index contributed by atoms with van der Waals surface area (Å²) >= 11 is 0. The Balaban J connectivity index is 1.81. The first-order valence-corrected chi connectivity index (χ1v) is 7.25. The van der Waals surface area contributed by atoms with Crippen LogP contribution in [0.3, 0.4) is 0 Å². The molecule has 1 atom stereocenters. The van der Waals surface area contributed by atoms with Crippen LogP contribution in [-0.4, -0.2) is 37.4 Å². The van der Waals surface area contributed by atoms with Crippen molar-refractivity contribution in [2.75, 3.05) is 6.61 Å². The Hall–Kier alpha value is -3.26. The summed E-state index contributed by atoms with van der Waals surface area (Å²) in [5.41, 5.74) is 0.0175. The number of hydrogen-bond donors (Lipinski definition) is 3. The Morgan fingerprint density at radius 2 is 2.08 bits per heavy atom. The molecule has 8 heteroatoms. The number of carbonyl (C=O) groups excluding carboxylic acids is 1. The molecular formula is C16H15N5O3. The highest BCUT2D eigenvalue weighted by atomic mass is 16.3. The fourth-order valence-corrected chi connectivity index (χ4v) is 2.21. The maximum Gasteiger partial charge on any atom is 0.265 e. The van der Waals surface area contributed by atoms with Crippen LogP contribution in [0.2, 0.25) is 0 Å². The predicted molar refractivity (Wildman–Crippen MR) is 85.7 cm³/mol. The van der Waals surface area contributed by atoms with Gasteiger partial charge in [-0.15, -0.1) is 0 Å². The van der Waals surface area contributed by atoms with Gasteiger partial charge in [0.1, 0.15) is 5.56 Å². The van der Waals surface area contributed by atoms with Gasteiger partial charge in [0.05, 0.1) is 12.6 Å². The highest BCUT2D eigenvalue weighted by Gasteiger charge is 2.18. The molecule has 3 rings (SSSR count). The normalized spacial score (nSPS) is 11.9. The highest BCUT2D eigenvalue weighted by molar-refractivity contribution is 5.93. The first-order chi connectivity index (χ1) is 11.7. The van der Waals surface area contributed by atoms with Crippen LogP contribution < -0.4 is 10.9 Å². The van der Waals surface area contributed by atoms with Gasteiger partial charge in [0, 0.05) is 18.6 Å². The summed E-state index contributed by atoms with van der Waals surface area (Å²) in [5.74, 6) is -0.401. The van der Waals surface area contributed by atoms with E-state index in [0.717, 1.165) is 5.56 Å². The van der Waals surface area contributed by atoms with Gasteiger partial charge in [-0.25, -0.2) is 9.67 Å². The molecule has 1 amide bonds. The van der Waals surface area contributed by atoms with Gasteiger partial charge in [-0.05, 0) is 11.6 Å². The van der Waals surface area contributed by atoms with Gasteiger partial charge in [0.2, 0.25) is 5.95 Å². The number of aromatic amines is 1. The first-order valence-electron chi connectivity index (χ1n) is 7.25. The van der Waals surface area contributed by atoms with Crippen molar-refractivity contribution in [3.63, 3.8) is 0 Å². The zero-order valence-corrected chi connectivity index (χ0v) is 12.6. The SMILES string of the molecule is O=C(NC(CO)c1ccccc1)c1cnc(-n2cccn2)[nH]c1=O. The van der Waals surface area contributed by atoms with E-state index in [2.05, 4.69) is 20.4 Å². The van der Waals surface area contributed by atoms with Crippen LogP contribution in [0.4, 0.5) is 0 Å². The Labute approximate surface area is 136 Å². The van der Waals surface area contributed by atoms with Crippen LogP contribution >= 0.6 is 0 Å². The molecule has 1 aromatic carbocycles. The summed E-state index contributed by atoms with van der Waals surface area (Å²) in [6, 6.07) is 10.1. The molecule has 3 N–H and O–H groups in total. The zero-order valence-electron chi connectivity index (χ0n) is 12.6. The number of amides is 1. The quantitative estimate of drug-likeness (QED) is 0.629. The van der Waals surface area contributed by atoms with Gasteiger partial charge in [0.25, 0.3) is 11.5 Å². The molecule has 122 valence electrons. The second-order valence-electron chi connectivity index (χ2n) is 5.02. The Morgan fingerprint density at radius 1 is 1.29 bits per heavy atom. The smallest absolute Gasteiger partial charge is 0.265 e. The summed E-state index contributed by atoms with van der Waals surface area (Å²) in [5, 5.41) is 16.1. The van der Waals surface area contributed by atoms with Crippen molar-refractivity contribution in [2.24, 2.45) is 0 Å². The van der Waals surface area contributed by atoms with Gasteiger partial charge < -0.3 is 10.4 Å². The Morgan fingerprint density at radius 3 is 2.71 bits per heavy atom. The number of aromatic nitrogens is 4. The summed E-state index contributed by atoms with van der Waals surface area (Å²) in [4.78, 5) is 31.0. The molecule has 0 saturated heterocycles. The largest absolute Gasteiger partial charge is 0.394 e. The zero-order chi connectivity index (χ0) is 16.9. The fraction of sp³-hybridized carbons (Fsp3) is 0.125. The second-order valence-corrected chi connectivity index (χ2v) is 5.02. The van der Waals surface area contributed by atoms with Crippen LogP contribution in [0.25, 0.3) is 5.95 Å². The van der Waals surface area contributed by atoms with E-state index in [-0.39, 0.29) is 18.1 Å². The summed E-state index contributed by atoms with van der Waals surface area (Å²) < 4.78 is 1.38. The minimum atomic E-state index is -0.612. The van der Waals surface area contributed by atoms with Gasteiger partial charge in [0.15, 0.2) is 0 Å². The minimum absolute atomic E-state index is 0.139. The summed E-state index contributed by atoms with van der Waals surface area (Å²) in [6.45, 7) is -0.285.